The summed E-state index contributed by atoms with van der Waals surface area (Å²) in [6.45, 7) is 2.08. The van der Waals surface area contributed by atoms with Crippen molar-refractivity contribution in [2.45, 2.75) is 75.5 Å². The van der Waals surface area contributed by atoms with E-state index in [1.54, 1.807) is 0 Å². The van der Waals surface area contributed by atoms with Crippen molar-refractivity contribution >= 4 is 36.2 Å². The van der Waals surface area contributed by atoms with Crippen molar-refractivity contribution in [3.8, 4) is 0 Å². The molecule has 0 spiro atoms. The SMILES string of the molecule is CC(C)(OC[C@H]1O[C@@H](n2nnc3c(NC4CCCC4)nc(Cl)nc32)[C@H](O)[C@@H]1O)P(=O)(O)O. The molecule has 1 aliphatic heterocycles. The van der Waals surface area contributed by atoms with Gasteiger partial charge in [-0.15, -0.1) is 5.10 Å². The van der Waals surface area contributed by atoms with Gasteiger partial charge in [0.25, 0.3) is 0 Å². The first-order valence-corrected chi connectivity index (χ1v) is 12.2. The van der Waals surface area contributed by atoms with E-state index in [1.807, 2.05) is 0 Å². The van der Waals surface area contributed by atoms with Crippen LogP contribution in [0.1, 0.15) is 45.8 Å². The highest BCUT2D eigenvalue weighted by Gasteiger charge is 2.47. The van der Waals surface area contributed by atoms with Crippen LogP contribution in [0.3, 0.4) is 0 Å². The van der Waals surface area contributed by atoms with Gasteiger partial charge < -0.3 is 34.8 Å². The molecule has 178 valence electrons. The van der Waals surface area contributed by atoms with Crippen molar-refractivity contribution in [2.24, 2.45) is 0 Å². The minimum absolute atomic E-state index is 0.0436. The van der Waals surface area contributed by atoms with Gasteiger partial charge in [0.2, 0.25) is 5.28 Å². The summed E-state index contributed by atoms with van der Waals surface area (Å²) in [6.07, 6.45) is -0.836. The molecule has 0 aromatic carbocycles. The molecule has 0 bridgehead atoms. The van der Waals surface area contributed by atoms with Gasteiger partial charge in [0, 0.05) is 6.04 Å². The molecule has 0 amide bonds. The van der Waals surface area contributed by atoms with Crippen molar-refractivity contribution < 1.29 is 34.0 Å². The fourth-order valence-electron chi connectivity index (χ4n) is 3.78. The van der Waals surface area contributed by atoms with Crippen LogP contribution in [0, 0.1) is 0 Å². The second-order valence-corrected chi connectivity index (χ2v) is 11.0. The van der Waals surface area contributed by atoms with E-state index in [2.05, 4.69) is 25.6 Å². The third kappa shape index (κ3) is 4.48. The molecule has 3 heterocycles. The maximum absolute atomic E-state index is 11.6. The smallest absolute Gasteiger partial charge is 0.356 e. The van der Waals surface area contributed by atoms with Crippen LogP contribution >= 0.6 is 19.2 Å². The first kappa shape index (κ1) is 23.7. The predicted molar refractivity (Wildman–Crippen MR) is 112 cm³/mol. The number of hydrogen-bond acceptors (Lipinski definition) is 10. The summed E-state index contributed by atoms with van der Waals surface area (Å²) in [4.78, 5) is 27.2. The summed E-state index contributed by atoms with van der Waals surface area (Å²) in [5, 5.41) is 30.6. The zero-order valence-electron chi connectivity index (χ0n) is 17.5. The van der Waals surface area contributed by atoms with Crippen LogP contribution in [-0.2, 0) is 14.0 Å². The number of nitrogens with zero attached hydrogens (tertiary/aromatic N) is 5. The molecule has 4 atom stereocenters. The standard InChI is InChI=1S/C17H26ClN6O7P/c1-17(2,32(27,28)29)30-7-9-11(25)12(26)15(31-9)24-14-10(22-23-24)13(20-16(18)21-14)19-8-5-3-4-6-8/h8-9,11-12,15,25-26H,3-7H2,1-2H3,(H,19,20,21)(H2,27,28,29)/t9-,11-,12-,15-/m1/s1. The molecule has 2 aromatic heterocycles. The Hall–Kier alpha value is -1.44. The minimum atomic E-state index is -4.57. The number of fused-ring (bicyclic) bond motifs is 1. The lowest BCUT2D eigenvalue weighted by atomic mass is 10.1. The third-order valence-electron chi connectivity index (χ3n) is 5.87. The van der Waals surface area contributed by atoms with E-state index in [0.717, 1.165) is 25.7 Å². The van der Waals surface area contributed by atoms with Crippen molar-refractivity contribution in [3.05, 3.63) is 5.28 Å². The Bertz CT molecular complexity index is 1030. The van der Waals surface area contributed by atoms with E-state index in [-0.39, 0.29) is 23.6 Å². The Balaban J connectivity index is 1.56. The molecule has 1 saturated carbocycles. The number of aliphatic hydroxyl groups is 2. The van der Waals surface area contributed by atoms with E-state index in [0.29, 0.717) is 11.3 Å². The molecule has 0 radical (unpaired) electrons. The summed E-state index contributed by atoms with van der Waals surface area (Å²) < 4.78 is 23.8. The number of anilines is 1. The molecule has 2 fully saturated rings. The Morgan fingerprint density at radius 2 is 1.94 bits per heavy atom. The highest BCUT2D eigenvalue weighted by Crippen LogP contribution is 2.51. The van der Waals surface area contributed by atoms with Gasteiger partial charge in [-0.25, -0.2) is 0 Å². The maximum Gasteiger partial charge on any atom is 0.356 e. The molecule has 2 aliphatic rings. The average Bonchev–Trinajstić information content (AvgIpc) is 3.41. The van der Waals surface area contributed by atoms with Gasteiger partial charge in [0.15, 0.2) is 28.6 Å². The van der Waals surface area contributed by atoms with Crippen LogP contribution < -0.4 is 5.32 Å². The summed E-state index contributed by atoms with van der Waals surface area (Å²) in [7, 11) is -4.57. The lowest BCUT2D eigenvalue weighted by Crippen LogP contribution is -2.37. The molecular weight excluding hydrogens is 467 g/mol. The molecule has 5 N–H and O–H groups in total. The van der Waals surface area contributed by atoms with Crippen LogP contribution in [0.4, 0.5) is 5.82 Å². The summed E-state index contributed by atoms with van der Waals surface area (Å²) in [5.41, 5.74) is 0.549. The Morgan fingerprint density at radius 3 is 2.59 bits per heavy atom. The quantitative estimate of drug-likeness (QED) is 0.270. The molecule has 4 rings (SSSR count). The van der Waals surface area contributed by atoms with Gasteiger partial charge in [-0.1, -0.05) is 18.1 Å². The van der Waals surface area contributed by atoms with Crippen molar-refractivity contribution in [1.29, 1.82) is 0 Å². The van der Waals surface area contributed by atoms with Gasteiger partial charge in [-0.3, -0.25) is 4.57 Å². The number of nitrogens with one attached hydrogen (secondary N) is 1. The first-order chi connectivity index (χ1) is 15.0. The van der Waals surface area contributed by atoms with Gasteiger partial charge in [-0.05, 0) is 38.3 Å². The summed E-state index contributed by atoms with van der Waals surface area (Å²) >= 11 is 6.10. The van der Waals surface area contributed by atoms with Crippen LogP contribution in [-0.4, -0.2) is 81.3 Å². The Labute approximate surface area is 188 Å². The van der Waals surface area contributed by atoms with Crippen molar-refractivity contribution in [2.75, 3.05) is 11.9 Å². The zero-order chi connectivity index (χ0) is 23.3. The van der Waals surface area contributed by atoms with E-state index in [4.69, 9.17) is 21.1 Å². The number of hydrogen-bond donors (Lipinski definition) is 5. The van der Waals surface area contributed by atoms with Crippen LogP contribution in [0.5, 0.6) is 0 Å². The Kier molecular flexibility index (Phi) is 6.47. The first-order valence-electron chi connectivity index (χ1n) is 10.2. The van der Waals surface area contributed by atoms with Crippen molar-refractivity contribution in [3.63, 3.8) is 0 Å². The van der Waals surface area contributed by atoms with Crippen LogP contribution in [0.25, 0.3) is 11.2 Å². The summed E-state index contributed by atoms with van der Waals surface area (Å²) in [6, 6.07) is 0.239. The average molecular weight is 493 g/mol. The topological polar surface area (TPSA) is 185 Å². The maximum atomic E-state index is 11.6. The molecule has 0 unspecified atom stereocenters. The highest BCUT2D eigenvalue weighted by molar-refractivity contribution is 7.53. The van der Waals surface area contributed by atoms with Gasteiger partial charge in [0.05, 0.1) is 6.61 Å². The van der Waals surface area contributed by atoms with Crippen molar-refractivity contribution in [1.82, 2.24) is 25.0 Å². The van der Waals surface area contributed by atoms with Gasteiger partial charge in [-0.2, -0.15) is 14.6 Å². The Morgan fingerprint density at radius 1 is 1.25 bits per heavy atom. The summed E-state index contributed by atoms with van der Waals surface area (Å²) in [5.74, 6) is 0.425. The fraction of sp³-hybridized carbons (Fsp3) is 0.765. The second-order valence-electron chi connectivity index (χ2n) is 8.52. The monoisotopic (exact) mass is 492 g/mol. The number of rotatable bonds is 7. The molecule has 2 aromatic rings. The van der Waals surface area contributed by atoms with Crippen LogP contribution in [0.15, 0.2) is 0 Å². The van der Waals surface area contributed by atoms with E-state index >= 15 is 0 Å². The second kappa shape index (κ2) is 8.73. The zero-order valence-corrected chi connectivity index (χ0v) is 19.1. The highest BCUT2D eigenvalue weighted by atomic mass is 35.5. The lowest BCUT2D eigenvalue weighted by Gasteiger charge is -2.28. The molecule has 15 heteroatoms. The number of aromatic nitrogens is 5. The fourth-order valence-corrected chi connectivity index (χ4v) is 4.19. The predicted octanol–water partition coefficient (Wildman–Crippen LogP) is 0.779. The number of halogens is 1. The molecular formula is C17H26ClN6O7P. The normalized spacial score (nSPS) is 27.5. The van der Waals surface area contributed by atoms with E-state index in [1.165, 1.54) is 18.5 Å². The van der Waals surface area contributed by atoms with E-state index in [9.17, 15) is 24.6 Å². The van der Waals surface area contributed by atoms with Crippen LogP contribution in [0.2, 0.25) is 5.28 Å². The molecule has 1 saturated heterocycles. The molecule has 32 heavy (non-hydrogen) atoms. The number of ether oxygens (including phenoxy) is 2. The van der Waals surface area contributed by atoms with Gasteiger partial charge in [0.1, 0.15) is 18.3 Å². The van der Waals surface area contributed by atoms with E-state index < -0.39 is 37.5 Å². The largest absolute Gasteiger partial charge is 0.387 e. The third-order valence-corrected chi connectivity index (χ3v) is 7.57. The molecule has 13 nitrogen and oxygen atoms in total. The minimum Gasteiger partial charge on any atom is -0.387 e. The van der Waals surface area contributed by atoms with Gasteiger partial charge >= 0.3 is 7.60 Å². The lowest BCUT2D eigenvalue weighted by molar-refractivity contribution is -0.0910. The molecule has 1 aliphatic carbocycles. The number of aliphatic hydroxyl groups excluding tert-OH is 2.